The number of piperazine rings is 1. The number of hydrogen-bond acceptors (Lipinski definition) is 4. The summed E-state index contributed by atoms with van der Waals surface area (Å²) in [7, 11) is 0. The summed E-state index contributed by atoms with van der Waals surface area (Å²) in [6.45, 7) is 8.19. The van der Waals surface area contributed by atoms with Gasteiger partial charge in [-0.05, 0) is 43.5 Å². The summed E-state index contributed by atoms with van der Waals surface area (Å²) in [5.41, 5.74) is 4.97. The summed E-state index contributed by atoms with van der Waals surface area (Å²) in [5, 5.41) is 4.43. The molecular formula is C21H24ClN3O2. The van der Waals surface area contributed by atoms with Crippen LogP contribution in [-0.2, 0) is 0 Å². The molecule has 4 rings (SSSR count). The third-order valence-electron chi connectivity index (χ3n) is 5.25. The molecule has 3 heterocycles. The standard InChI is InChI=1S/C21H23N3O2.ClH/c1-13-6-7-14(2)19-18(13)15(3)20(26-19)21(25)24-10-9-23-12-17(24)16-5-4-8-22-11-16;/h4-8,11,17,23H,9-10,12H2,1-3H3;1H. The van der Waals surface area contributed by atoms with Crippen molar-refractivity contribution in [3.63, 3.8) is 0 Å². The lowest BCUT2D eigenvalue weighted by Crippen LogP contribution is -2.48. The minimum Gasteiger partial charge on any atom is -0.450 e. The van der Waals surface area contributed by atoms with Crippen molar-refractivity contribution in [1.29, 1.82) is 0 Å². The summed E-state index contributed by atoms with van der Waals surface area (Å²) in [6.07, 6.45) is 3.58. The number of aromatic nitrogens is 1. The Kier molecular flexibility index (Phi) is 5.53. The van der Waals surface area contributed by atoms with Crippen molar-refractivity contribution in [2.24, 2.45) is 0 Å². The van der Waals surface area contributed by atoms with Crippen molar-refractivity contribution < 1.29 is 9.21 Å². The zero-order chi connectivity index (χ0) is 18.3. The van der Waals surface area contributed by atoms with Gasteiger partial charge in [0.05, 0.1) is 6.04 Å². The van der Waals surface area contributed by atoms with E-state index in [1.165, 1.54) is 0 Å². The van der Waals surface area contributed by atoms with Crippen LogP contribution in [0.5, 0.6) is 0 Å². The van der Waals surface area contributed by atoms with Crippen LogP contribution in [0, 0.1) is 20.8 Å². The fraction of sp³-hybridized carbons (Fsp3) is 0.333. The number of fused-ring (bicyclic) bond motifs is 1. The van der Waals surface area contributed by atoms with Gasteiger partial charge in [-0.15, -0.1) is 12.4 Å². The van der Waals surface area contributed by atoms with Crippen molar-refractivity contribution >= 4 is 29.3 Å². The van der Waals surface area contributed by atoms with Gasteiger partial charge in [0.1, 0.15) is 5.58 Å². The van der Waals surface area contributed by atoms with Gasteiger partial charge >= 0.3 is 0 Å². The zero-order valence-electron chi connectivity index (χ0n) is 15.8. The molecule has 5 nitrogen and oxygen atoms in total. The average molecular weight is 386 g/mol. The van der Waals surface area contributed by atoms with Gasteiger partial charge in [-0.3, -0.25) is 9.78 Å². The maximum atomic E-state index is 13.4. The topological polar surface area (TPSA) is 58.4 Å². The van der Waals surface area contributed by atoms with Gasteiger partial charge in [0.25, 0.3) is 5.91 Å². The number of nitrogens with one attached hydrogen (secondary N) is 1. The molecule has 27 heavy (non-hydrogen) atoms. The Morgan fingerprint density at radius 1 is 1.22 bits per heavy atom. The van der Waals surface area contributed by atoms with E-state index in [4.69, 9.17) is 4.42 Å². The second kappa shape index (κ2) is 7.71. The van der Waals surface area contributed by atoms with E-state index >= 15 is 0 Å². The highest BCUT2D eigenvalue weighted by molar-refractivity contribution is 6.00. The Labute approximate surface area is 165 Å². The predicted octanol–water partition coefficient (Wildman–Crippen LogP) is 3.96. The van der Waals surface area contributed by atoms with E-state index in [2.05, 4.69) is 23.3 Å². The first-order chi connectivity index (χ1) is 12.6. The fourth-order valence-electron chi connectivity index (χ4n) is 3.83. The molecule has 0 bridgehead atoms. The van der Waals surface area contributed by atoms with Crippen LogP contribution in [0.25, 0.3) is 11.0 Å². The van der Waals surface area contributed by atoms with E-state index in [1.54, 1.807) is 6.20 Å². The third-order valence-corrected chi connectivity index (χ3v) is 5.25. The fourth-order valence-corrected chi connectivity index (χ4v) is 3.83. The predicted molar refractivity (Wildman–Crippen MR) is 109 cm³/mol. The Hall–Kier alpha value is -2.37. The summed E-state index contributed by atoms with van der Waals surface area (Å²) >= 11 is 0. The highest BCUT2D eigenvalue weighted by Crippen LogP contribution is 2.33. The summed E-state index contributed by atoms with van der Waals surface area (Å²) in [6, 6.07) is 8.01. The van der Waals surface area contributed by atoms with Gasteiger partial charge in [0, 0.05) is 43.0 Å². The summed E-state index contributed by atoms with van der Waals surface area (Å²) in [4.78, 5) is 19.5. The minimum atomic E-state index is -0.0483. The lowest BCUT2D eigenvalue weighted by atomic mass is 10.0. The molecule has 1 amide bonds. The van der Waals surface area contributed by atoms with Gasteiger partial charge in [0.15, 0.2) is 5.76 Å². The SMILES string of the molecule is Cc1ccc(C)c2c(C)c(C(=O)N3CCNCC3c3cccnc3)oc12.Cl. The monoisotopic (exact) mass is 385 g/mol. The molecule has 1 aliphatic rings. The molecule has 3 aromatic rings. The Bertz CT molecular complexity index is 968. The number of pyridine rings is 1. The molecule has 1 unspecified atom stereocenters. The normalized spacial score (nSPS) is 17.0. The minimum absolute atomic E-state index is 0. The van der Waals surface area contributed by atoms with Crippen molar-refractivity contribution in [2.45, 2.75) is 26.8 Å². The quantitative estimate of drug-likeness (QED) is 0.725. The van der Waals surface area contributed by atoms with Crippen LogP contribution in [0.1, 0.15) is 38.9 Å². The first-order valence-corrected chi connectivity index (χ1v) is 8.99. The number of benzene rings is 1. The lowest BCUT2D eigenvalue weighted by molar-refractivity contribution is 0.0602. The lowest BCUT2D eigenvalue weighted by Gasteiger charge is -2.36. The Morgan fingerprint density at radius 2 is 2.00 bits per heavy atom. The molecule has 0 saturated carbocycles. The molecule has 6 heteroatoms. The number of furan rings is 1. The number of hydrogen-bond donors (Lipinski definition) is 1. The van der Waals surface area contributed by atoms with E-state index in [1.807, 2.05) is 43.1 Å². The molecule has 1 saturated heterocycles. The number of aryl methyl sites for hydroxylation is 3. The van der Waals surface area contributed by atoms with Crippen LogP contribution in [-0.4, -0.2) is 35.4 Å². The van der Waals surface area contributed by atoms with E-state index in [0.717, 1.165) is 46.3 Å². The molecule has 2 aromatic heterocycles. The van der Waals surface area contributed by atoms with Crippen LogP contribution in [0.4, 0.5) is 0 Å². The van der Waals surface area contributed by atoms with Gasteiger partial charge in [0.2, 0.25) is 0 Å². The molecule has 1 fully saturated rings. The van der Waals surface area contributed by atoms with E-state index in [0.29, 0.717) is 12.3 Å². The Morgan fingerprint density at radius 3 is 2.70 bits per heavy atom. The third kappa shape index (κ3) is 3.33. The van der Waals surface area contributed by atoms with Gasteiger partial charge in [-0.1, -0.05) is 18.2 Å². The van der Waals surface area contributed by atoms with Crippen LogP contribution >= 0.6 is 12.4 Å². The van der Waals surface area contributed by atoms with Crippen LogP contribution in [0.15, 0.2) is 41.1 Å². The highest BCUT2D eigenvalue weighted by atomic mass is 35.5. The van der Waals surface area contributed by atoms with Gasteiger partial charge < -0.3 is 14.6 Å². The smallest absolute Gasteiger partial charge is 0.290 e. The first kappa shape index (κ1) is 19.4. The molecule has 0 spiro atoms. The molecule has 0 radical (unpaired) electrons. The van der Waals surface area contributed by atoms with Gasteiger partial charge in [-0.2, -0.15) is 0 Å². The molecule has 142 valence electrons. The highest BCUT2D eigenvalue weighted by Gasteiger charge is 2.32. The number of nitrogens with zero attached hydrogens (tertiary/aromatic N) is 2. The number of carbonyl (C=O) groups excluding carboxylic acids is 1. The maximum Gasteiger partial charge on any atom is 0.290 e. The van der Waals surface area contributed by atoms with E-state index < -0.39 is 0 Å². The molecule has 1 aromatic carbocycles. The summed E-state index contributed by atoms with van der Waals surface area (Å²) < 4.78 is 6.08. The summed E-state index contributed by atoms with van der Waals surface area (Å²) in [5.74, 6) is 0.404. The van der Waals surface area contributed by atoms with Gasteiger partial charge in [-0.25, -0.2) is 0 Å². The number of rotatable bonds is 2. The van der Waals surface area contributed by atoms with Crippen molar-refractivity contribution in [1.82, 2.24) is 15.2 Å². The van der Waals surface area contributed by atoms with Crippen LogP contribution in [0.2, 0.25) is 0 Å². The average Bonchev–Trinajstić information content (AvgIpc) is 3.03. The maximum absolute atomic E-state index is 13.4. The molecule has 1 aliphatic heterocycles. The van der Waals surface area contributed by atoms with Crippen molar-refractivity contribution in [3.05, 3.63) is 64.7 Å². The number of halogens is 1. The number of amides is 1. The second-order valence-electron chi connectivity index (χ2n) is 6.96. The van der Waals surface area contributed by atoms with Crippen molar-refractivity contribution in [3.8, 4) is 0 Å². The molecule has 1 atom stereocenters. The van der Waals surface area contributed by atoms with E-state index in [-0.39, 0.29) is 24.4 Å². The number of carbonyl (C=O) groups is 1. The van der Waals surface area contributed by atoms with E-state index in [9.17, 15) is 4.79 Å². The molecular weight excluding hydrogens is 362 g/mol. The molecule has 0 aliphatic carbocycles. The zero-order valence-corrected chi connectivity index (χ0v) is 16.6. The van der Waals surface area contributed by atoms with Crippen molar-refractivity contribution in [2.75, 3.05) is 19.6 Å². The second-order valence-corrected chi connectivity index (χ2v) is 6.96. The first-order valence-electron chi connectivity index (χ1n) is 8.99. The van der Waals surface area contributed by atoms with Crippen LogP contribution in [0.3, 0.4) is 0 Å². The van der Waals surface area contributed by atoms with Crippen LogP contribution < -0.4 is 5.32 Å². The molecule has 1 N–H and O–H groups in total. The largest absolute Gasteiger partial charge is 0.450 e. The Balaban J connectivity index is 0.00000210.